The minimum absolute atomic E-state index is 0.0655. The second-order valence-electron chi connectivity index (χ2n) is 6.73. The summed E-state index contributed by atoms with van der Waals surface area (Å²) in [5, 5.41) is 6.28. The average molecular weight is 360 g/mol. The summed E-state index contributed by atoms with van der Waals surface area (Å²) < 4.78 is 0. The van der Waals surface area contributed by atoms with Gasteiger partial charge in [-0.15, -0.1) is 0 Å². The molecule has 1 heterocycles. The number of rotatable bonds is 5. The first-order valence-electron chi connectivity index (χ1n) is 8.98. The molecule has 138 valence electrons. The van der Waals surface area contributed by atoms with E-state index in [0.29, 0.717) is 17.3 Å². The smallest absolute Gasteiger partial charge is 0.274 e. The first-order valence-corrected chi connectivity index (χ1v) is 8.98. The van der Waals surface area contributed by atoms with E-state index in [1.54, 1.807) is 13.0 Å². The molecule has 0 radical (unpaired) electrons. The number of amides is 1. The van der Waals surface area contributed by atoms with Crippen LogP contribution in [0, 0.1) is 20.8 Å². The van der Waals surface area contributed by atoms with Crippen LogP contribution in [0.1, 0.15) is 46.0 Å². The van der Waals surface area contributed by atoms with Crippen LogP contribution in [0.15, 0.2) is 54.6 Å². The molecule has 0 fully saturated rings. The number of aromatic nitrogens is 2. The third-order valence-corrected chi connectivity index (χ3v) is 4.36. The predicted molar refractivity (Wildman–Crippen MR) is 109 cm³/mol. The topological polar surface area (TPSA) is 66.9 Å². The van der Waals surface area contributed by atoms with E-state index in [4.69, 9.17) is 0 Å². The van der Waals surface area contributed by atoms with Gasteiger partial charge in [0.05, 0.1) is 0 Å². The Morgan fingerprint density at radius 2 is 1.70 bits per heavy atom. The molecule has 0 saturated heterocycles. The zero-order valence-electron chi connectivity index (χ0n) is 16.1. The van der Waals surface area contributed by atoms with Gasteiger partial charge < -0.3 is 10.6 Å². The maximum atomic E-state index is 12.7. The summed E-state index contributed by atoms with van der Waals surface area (Å²) in [4.78, 5) is 21.4. The van der Waals surface area contributed by atoms with E-state index in [9.17, 15) is 4.79 Å². The molecule has 5 heteroatoms. The molecule has 1 unspecified atom stereocenters. The van der Waals surface area contributed by atoms with Crippen molar-refractivity contribution in [3.05, 3.63) is 82.8 Å². The lowest BCUT2D eigenvalue weighted by Crippen LogP contribution is -2.17. The third kappa shape index (κ3) is 4.70. The van der Waals surface area contributed by atoms with Gasteiger partial charge in [0.15, 0.2) is 0 Å². The fraction of sp³-hybridized carbons (Fsp3) is 0.227. The summed E-state index contributed by atoms with van der Waals surface area (Å²) in [6.07, 6.45) is 0. The van der Waals surface area contributed by atoms with Crippen LogP contribution in [0.5, 0.6) is 0 Å². The van der Waals surface area contributed by atoms with Gasteiger partial charge in [0.1, 0.15) is 17.3 Å². The van der Waals surface area contributed by atoms with Crippen LogP contribution in [0.2, 0.25) is 0 Å². The fourth-order valence-electron chi connectivity index (χ4n) is 2.95. The van der Waals surface area contributed by atoms with Crippen molar-refractivity contribution in [1.29, 1.82) is 0 Å². The summed E-state index contributed by atoms with van der Waals surface area (Å²) in [5.41, 5.74) is 4.45. The molecule has 0 aliphatic heterocycles. The molecular weight excluding hydrogens is 336 g/mol. The highest BCUT2D eigenvalue weighted by molar-refractivity contribution is 6.03. The Morgan fingerprint density at radius 3 is 2.41 bits per heavy atom. The molecule has 27 heavy (non-hydrogen) atoms. The van der Waals surface area contributed by atoms with Crippen molar-refractivity contribution in [3.8, 4) is 0 Å². The number of aryl methyl sites for hydroxylation is 3. The molecule has 3 aromatic rings. The molecule has 0 saturated carbocycles. The van der Waals surface area contributed by atoms with Crippen LogP contribution in [0.3, 0.4) is 0 Å². The lowest BCUT2D eigenvalue weighted by atomic mass is 10.1. The summed E-state index contributed by atoms with van der Waals surface area (Å²) >= 11 is 0. The number of carbonyl (C=O) groups excluding carboxylic acids is 1. The Hall–Kier alpha value is -3.21. The number of nitrogens with one attached hydrogen (secondary N) is 2. The third-order valence-electron chi connectivity index (χ3n) is 4.36. The number of benzene rings is 2. The highest BCUT2D eigenvalue weighted by Crippen LogP contribution is 2.20. The number of hydrogen-bond donors (Lipinski definition) is 2. The second-order valence-corrected chi connectivity index (χ2v) is 6.73. The average Bonchev–Trinajstić information content (AvgIpc) is 2.64. The van der Waals surface area contributed by atoms with E-state index < -0.39 is 0 Å². The van der Waals surface area contributed by atoms with Crippen LogP contribution in [-0.4, -0.2) is 15.9 Å². The molecule has 2 N–H and O–H groups in total. The van der Waals surface area contributed by atoms with Crippen molar-refractivity contribution in [2.75, 3.05) is 10.6 Å². The molecule has 1 aromatic heterocycles. The van der Waals surface area contributed by atoms with Gasteiger partial charge >= 0.3 is 0 Å². The van der Waals surface area contributed by atoms with Gasteiger partial charge in [0, 0.05) is 17.8 Å². The molecule has 0 spiro atoms. The van der Waals surface area contributed by atoms with E-state index in [2.05, 4.69) is 39.7 Å². The van der Waals surface area contributed by atoms with Crippen LogP contribution < -0.4 is 10.6 Å². The van der Waals surface area contributed by atoms with Gasteiger partial charge in [-0.05, 0) is 44.9 Å². The molecule has 0 bridgehead atoms. The van der Waals surface area contributed by atoms with Crippen molar-refractivity contribution >= 4 is 17.4 Å². The largest absolute Gasteiger partial charge is 0.363 e. The summed E-state index contributed by atoms with van der Waals surface area (Å²) in [7, 11) is 0. The van der Waals surface area contributed by atoms with Crippen molar-refractivity contribution in [3.63, 3.8) is 0 Å². The molecular formula is C22H24N4O. The Bertz CT molecular complexity index is 954. The van der Waals surface area contributed by atoms with Crippen molar-refractivity contribution in [2.45, 2.75) is 33.7 Å². The Balaban J connectivity index is 1.79. The number of nitrogens with zero attached hydrogens (tertiary/aromatic N) is 2. The minimum Gasteiger partial charge on any atom is -0.363 e. The van der Waals surface area contributed by atoms with E-state index in [-0.39, 0.29) is 11.9 Å². The zero-order valence-corrected chi connectivity index (χ0v) is 16.1. The number of carbonyl (C=O) groups is 1. The lowest BCUT2D eigenvalue weighted by molar-refractivity contribution is 0.102. The highest BCUT2D eigenvalue weighted by atomic mass is 16.1. The van der Waals surface area contributed by atoms with Crippen LogP contribution in [-0.2, 0) is 0 Å². The molecule has 0 aliphatic carbocycles. The van der Waals surface area contributed by atoms with E-state index in [1.165, 1.54) is 0 Å². The molecule has 3 rings (SSSR count). The number of hydrogen-bond acceptors (Lipinski definition) is 4. The predicted octanol–water partition coefficient (Wildman–Crippen LogP) is 4.83. The van der Waals surface area contributed by atoms with Crippen molar-refractivity contribution in [1.82, 2.24) is 9.97 Å². The normalized spacial score (nSPS) is 11.7. The van der Waals surface area contributed by atoms with Crippen LogP contribution in [0.4, 0.5) is 11.5 Å². The first kappa shape index (κ1) is 18.6. The van der Waals surface area contributed by atoms with Gasteiger partial charge in [-0.1, -0.05) is 48.0 Å². The van der Waals surface area contributed by atoms with Gasteiger partial charge in [-0.2, -0.15) is 0 Å². The molecule has 1 amide bonds. The first-order chi connectivity index (χ1) is 12.9. The summed E-state index contributed by atoms with van der Waals surface area (Å²) in [6, 6.07) is 17.8. The Labute approximate surface area is 159 Å². The Kier molecular flexibility index (Phi) is 5.50. The molecule has 2 aromatic carbocycles. The van der Waals surface area contributed by atoms with E-state index in [1.807, 2.05) is 50.2 Å². The van der Waals surface area contributed by atoms with Crippen LogP contribution in [0.25, 0.3) is 0 Å². The maximum absolute atomic E-state index is 12.7. The second kappa shape index (κ2) is 7.99. The van der Waals surface area contributed by atoms with Gasteiger partial charge in [0.25, 0.3) is 5.91 Å². The van der Waals surface area contributed by atoms with Crippen LogP contribution >= 0.6 is 0 Å². The SMILES string of the molecule is Cc1ccc(NC(=O)c2cc(NC(C)c3ccccc3)nc(C)n2)c(C)c1. The van der Waals surface area contributed by atoms with Crippen molar-refractivity contribution < 1.29 is 4.79 Å². The molecule has 0 aliphatic rings. The van der Waals surface area contributed by atoms with E-state index in [0.717, 1.165) is 22.4 Å². The monoisotopic (exact) mass is 360 g/mol. The zero-order chi connectivity index (χ0) is 19.4. The minimum atomic E-state index is -0.247. The quantitative estimate of drug-likeness (QED) is 0.684. The van der Waals surface area contributed by atoms with E-state index >= 15 is 0 Å². The van der Waals surface area contributed by atoms with Gasteiger partial charge in [0.2, 0.25) is 0 Å². The highest BCUT2D eigenvalue weighted by Gasteiger charge is 2.13. The van der Waals surface area contributed by atoms with Crippen molar-refractivity contribution in [2.24, 2.45) is 0 Å². The summed E-state index contributed by atoms with van der Waals surface area (Å²) in [6.45, 7) is 7.84. The van der Waals surface area contributed by atoms with Gasteiger partial charge in [-0.25, -0.2) is 9.97 Å². The maximum Gasteiger partial charge on any atom is 0.274 e. The Morgan fingerprint density at radius 1 is 0.963 bits per heavy atom. The lowest BCUT2D eigenvalue weighted by Gasteiger charge is -2.16. The standard InChI is InChI=1S/C22H24N4O/c1-14-10-11-19(15(2)12-14)26-22(27)20-13-21(25-17(4)24-20)23-16(3)18-8-6-5-7-9-18/h5-13,16H,1-4H3,(H,26,27)(H,23,24,25). The van der Waals surface area contributed by atoms with Gasteiger partial charge in [-0.3, -0.25) is 4.79 Å². The fourth-order valence-corrected chi connectivity index (χ4v) is 2.95. The summed E-state index contributed by atoms with van der Waals surface area (Å²) in [5.74, 6) is 0.929. The molecule has 5 nitrogen and oxygen atoms in total. The molecule has 1 atom stereocenters. The number of anilines is 2.